The van der Waals surface area contributed by atoms with Crippen LogP contribution < -0.4 is 0 Å². The van der Waals surface area contributed by atoms with Crippen LogP contribution in [-0.4, -0.2) is 49.8 Å². The quantitative estimate of drug-likeness (QED) is 0.843. The van der Waals surface area contributed by atoms with Gasteiger partial charge in [-0.1, -0.05) is 0 Å². The molecule has 0 N–H and O–H groups in total. The predicted molar refractivity (Wildman–Crippen MR) is 78.7 cm³/mol. The van der Waals surface area contributed by atoms with Crippen LogP contribution in [0.4, 0.5) is 0 Å². The summed E-state index contributed by atoms with van der Waals surface area (Å²) in [6, 6.07) is -0.00386. The van der Waals surface area contributed by atoms with E-state index in [1.807, 2.05) is 6.92 Å². The zero-order valence-corrected chi connectivity index (χ0v) is 13.9. The van der Waals surface area contributed by atoms with Gasteiger partial charge in [-0.25, -0.2) is 13.4 Å². The van der Waals surface area contributed by atoms with E-state index in [-0.39, 0.29) is 6.04 Å². The number of sulfonamides is 1. The van der Waals surface area contributed by atoms with Crippen LogP contribution in [0.5, 0.6) is 0 Å². The van der Waals surface area contributed by atoms with Gasteiger partial charge in [-0.3, -0.25) is 0 Å². The molecule has 1 aliphatic carbocycles. The van der Waals surface area contributed by atoms with Crippen LogP contribution in [-0.2, 0) is 19.5 Å². The number of hydrogen-bond acceptors (Lipinski definition) is 6. The lowest BCUT2D eigenvalue weighted by Crippen LogP contribution is -2.44. The van der Waals surface area contributed by atoms with Gasteiger partial charge >= 0.3 is 0 Å². The van der Waals surface area contributed by atoms with Crippen LogP contribution in [0, 0.1) is 6.92 Å². The summed E-state index contributed by atoms with van der Waals surface area (Å²) in [4.78, 5) is 4.04. The number of rotatable bonds is 3. The molecule has 1 saturated heterocycles. The fourth-order valence-corrected chi connectivity index (χ4v) is 5.70. The average molecular weight is 332 g/mol. The third-order valence-electron chi connectivity index (χ3n) is 4.28. The molecule has 0 atom stereocenters. The van der Waals surface area contributed by atoms with Crippen molar-refractivity contribution >= 4 is 21.4 Å². The monoisotopic (exact) mass is 332 g/mol. The second-order valence-corrected chi connectivity index (χ2v) is 9.02. The highest BCUT2D eigenvalue weighted by Crippen LogP contribution is 2.38. The molecule has 8 heteroatoms. The van der Waals surface area contributed by atoms with Gasteiger partial charge in [-0.05, 0) is 19.8 Å². The van der Waals surface area contributed by atoms with E-state index in [2.05, 4.69) is 4.98 Å². The molecule has 1 aliphatic heterocycles. The Balaban J connectivity index is 1.70. The Morgan fingerprint density at radius 3 is 2.48 bits per heavy atom. The van der Waals surface area contributed by atoms with Crippen molar-refractivity contribution in [3.05, 3.63) is 11.2 Å². The first-order valence-electron chi connectivity index (χ1n) is 7.11. The minimum atomic E-state index is -3.45. The summed E-state index contributed by atoms with van der Waals surface area (Å²) in [6.07, 6.45) is 4.46. The Bertz CT molecular complexity index is 597. The highest BCUT2D eigenvalue weighted by atomic mass is 32.2. The predicted octanol–water partition coefficient (Wildman–Crippen LogP) is 1.76. The molecule has 21 heavy (non-hydrogen) atoms. The Kier molecular flexibility index (Phi) is 4.08. The first-order valence-corrected chi connectivity index (χ1v) is 9.37. The van der Waals surface area contributed by atoms with E-state index in [0.29, 0.717) is 17.4 Å². The molecule has 0 unspecified atom stereocenters. The normalized spacial score (nSPS) is 23.2. The van der Waals surface area contributed by atoms with Crippen molar-refractivity contribution < 1.29 is 17.9 Å². The number of hydrogen-bond donors (Lipinski definition) is 0. The molecule has 0 aromatic carbocycles. The maximum Gasteiger partial charge on any atom is 0.254 e. The van der Waals surface area contributed by atoms with E-state index in [4.69, 9.17) is 9.47 Å². The molecule has 2 aliphatic rings. The fraction of sp³-hybridized carbons (Fsp3) is 0.769. The molecule has 2 heterocycles. The van der Waals surface area contributed by atoms with Crippen molar-refractivity contribution in [2.75, 3.05) is 20.3 Å². The van der Waals surface area contributed by atoms with E-state index < -0.39 is 15.8 Å². The van der Waals surface area contributed by atoms with Gasteiger partial charge in [0.25, 0.3) is 10.0 Å². The van der Waals surface area contributed by atoms with Crippen molar-refractivity contribution in [1.29, 1.82) is 0 Å². The van der Waals surface area contributed by atoms with Gasteiger partial charge in [0.15, 0.2) is 10.00 Å². The average Bonchev–Trinajstić information content (AvgIpc) is 3.09. The maximum atomic E-state index is 12.6. The molecule has 0 radical (unpaired) electrons. The Hall–Kier alpha value is -0.540. The highest BCUT2D eigenvalue weighted by molar-refractivity contribution is 7.91. The number of nitrogens with zero attached hydrogens (tertiary/aromatic N) is 2. The molecular formula is C13H20N2O4S2. The van der Waals surface area contributed by atoms with Gasteiger partial charge in [0, 0.05) is 25.9 Å². The van der Waals surface area contributed by atoms with Gasteiger partial charge in [0.2, 0.25) is 0 Å². The molecule has 0 bridgehead atoms. The van der Waals surface area contributed by atoms with Crippen molar-refractivity contribution in [2.45, 2.75) is 48.6 Å². The van der Waals surface area contributed by atoms with Crippen LogP contribution in [0.25, 0.3) is 0 Å². The van der Waals surface area contributed by atoms with Crippen LogP contribution in [0.3, 0.4) is 0 Å². The smallest absolute Gasteiger partial charge is 0.254 e. The lowest BCUT2D eigenvalue weighted by atomic mass is 9.90. The van der Waals surface area contributed by atoms with Crippen molar-refractivity contribution in [3.8, 4) is 0 Å². The van der Waals surface area contributed by atoms with E-state index in [1.54, 1.807) is 7.05 Å². The number of thiazole rings is 1. The van der Waals surface area contributed by atoms with E-state index in [1.165, 1.54) is 21.8 Å². The summed E-state index contributed by atoms with van der Waals surface area (Å²) >= 11 is 1.22. The number of ether oxygens (including phenoxy) is 2. The van der Waals surface area contributed by atoms with Crippen molar-refractivity contribution in [1.82, 2.24) is 9.29 Å². The first-order chi connectivity index (χ1) is 9.93. The second-order valence-electron chi connectivity index (χ2n) is 5.56. The first kappa shape index (κ1) is 15.4. The third-order valence-corrected chi connectivity index (χ3v) is 7.54. The summed E-state index contributed by atoms with van der Waals surface area (Å²) in [6.45, 7) is 3.08. The van der Waals surface area contributed by atoms with Crippen molar-refractivity contribution in [3.63, 3.8) is 0 Å². The number of aromatic nitrogens is 1. The second kappa shape index (κ2) is 5.58. The van der Waals surface area contributed by atoms with Crippen LogP contribution >= 0.6 is 11.3 Å². The molecule has 2 fully saturated rings. The molecule has 6 nitrogen and oxygen atoms in total. The number of aryl methyl sites for hydroxylation is 1. The molecule has 0 amide bonds. The van der Waals surface area contributed by atoms with Gasteiger partial charge < -0.3 is 9.47 Å². The van der Waals surface area contributed by atoms with Crippen LogP contribution in [0.1, 0.15) is 30.7 Å². The molecule has 3 rings (SSSR count). The standard InChI is InChI=1S/C13H20N2O4S2/c1-10-14-9-12(20-10)21(16,17)15(2)11-3-5-13(6-4-11)18-7-8-19-13/h9,11H,3-8H2,1-2H3. The Morgan fingerprint density at radius 2 is 1.95 bits per heavy atom. The minimum absolute atomic E-state index is 0.00386. The summed E-state index contributed by atoms with van der Waals surface area (Å²) in [5, 5.41) is 0.761. The van der Waals surface area contributed by atoms with Gasteiger partial charge in [-0.15, -0.1) is 11.3 Å². The largest absolute Gasteiger partial charge is 0.348 e. The summed E-state index contributed by atoms with van der Waals surface area (Å²) < 4.78 is 38.4. The molecule has 1 aromatic heterocycles. The molecule has 118 valence electrons. The lowest BCUT2D eigenvalue weighted by Gasteiger charge is -2.38. The molecule has 1 spiro atoms. The van der Waals surface area contributed by atoms with E-state index in [0.717, 1.165) is 30.7 Å². The zero-order chi connectivity index (χ0) is 15.1. The SMILES string of the molecule is Cc1ncc(S(=O)(=O)N(C)C2CCC3(CC2)OCCO3)s1. The summed E-state index contributed by atoms with van der Waals surface area (Å²) in [7, 11) is -1.79. The molecule has 1 aromatic rings. The highest BCUT2D eigenvalue weighted by Gasteiger charge is 2.43. The zero-order valence-electron chi connectivity index (χ0n) is 12.2. The van der Waals surface area contributed by atoms with Crippen molar-refractivity contribution in [2.24, 2.45) is 0 Å². The topological polar surface area (TPSA) is 68.7 Å². The minimum Gasteiger partial charge on any atom is -0.348 e. The third kappa shape index (κ3) is 2.87. The van der Waals surface area contributed by atoms with E-state index >= 15 is 0 Å². The molecular weight excluding hydrogens is 312 g/mol. The van der Waals surface area contributed by atoms with Gasteiger partial charge in [0.1, 0.15) is 0 Å². The van der Waals surface area contributed by atoms with Gasteiger partial charge in [-0.2, -0.15) is 4.31 Å². The van der Waals surface area contributed by atoms with Crippen LogP contribution in [0.2, 0.25) is 0 Å². The van der Waals surface area contributed by atoms with Crippen LogP contribution in [0.15, 0.2) is 10.4 Å². The maximum absolute atomic E-state index is 12.6. The Morgan fingerprint density at radius 1 is 1.33 bits per heavy atom. The summed E-state index contributed by atoms with van der Waals surface area (Å²) in [5.74, 6) is -0.456. The molecule has 1 saturated carbocycles. The lowest BCUT2D eigenvalue weighted by molar-refractivity contribution is -0.181. The fourth-order valence-electron chi connectivity index (χ4n) is 2.99. The Labute approximate surface area is 129 Å². The summed E-state index contributed by atoms with van der Waals surface area (Å²) in [5.41, 5.74) is 0. The van der Waals surface area contributed by atoms with E-state index in [9.17, 15) is 8.42 Å². The van der Waals surface area contributed by atoms with Gasteiger partial charge in [0.05, 0.1) is 24.4 Å².